The minimum absolute atomic E-state index is 0.245. The predicted molar refractivity (Wildman–Crippen MR) is 59.4 cm³/mol. The molecule has 1 aromatic carbocycles. The molecule has 0 spiro atoms. The number of alkyl halides is 3. The van der Waals surface area contributed by atoms with Gasteiger partial charge in [0.05, 0.1) is 5.56 Å². The second-order valence-electron chi connectivity index (χ2n) is 3.66. The van der Waals surface area contributed by atoms with Gasteiger partial charge in [0.1, 0.15) is 0 Å². The van der Waals surface area contributed by atoms with Crippen LogP contribution in [-0.2, 0) is 6.18 Å². The lowest BCUT2D eigenvalue weighted by molar-refractivity contribution is -0.136. The first-order valence-corrected chi connectivity index (χ1v) is 5.62. The molecule has 0 aliphatic heterocycles. The van der Waals surface area contributed by atoms with Gasteiger partial charge in [-0.05, 0) is 30.0 Å². The highest BCUT2D eigenvalue weighted by atomic mass is 32.1. The summed E-state index contributed by atoms with van der Waals surface area (Å²) in [7, 11) is 0. The molecule has 0 aliphatic rings. The van der Waals surface area contributed by atoms with Crippen LogP contribution in [0.5, 0.6) is 0 Å². The summed E-state index contributed by atoms with van der Waals surface area (Å²) >= 11 is 1.29. The van der Waals surface area contributed by atoms with E-state index in [1.165, 1.54) is 17.4 Å². The average Bonchev–Trinajstić information content (AvgIpc) is 2.58. The molecule has 5 heteroatoms. The van der Waals surface area contributed by atoms with E-state index in [2.05, 4.69) is 0 Å². The van der Waals surface area contributed by atoms with Crippen molar-refractivity contribution < 1.29 is 13.2 Å². The molecule has 86 valence electrons. The predicted octanol–water partition coefficient (Wildman–Crippen LogP) is 3.94. The van der Waals surface area contributed by atoms with Crippen molar-refractivity contribution in [3.8, 4) is 0 Å². The summed E-state index contributed by atoms with van der Waals surface area (Å²) in [5.41, 5.74) is 5.64. The second kappa shape index (κ2) is 3.75. The molecule has 0 saturated carbocycles. The SMILES string of the molecule is CC(N)c1csc2cccc(C(F)(F)F)c12. The summed E-state index contributed by atoms with van der Waals surface area (Å²) in [4.78, 5) is 0. The van der Waals surface area contributed by atoms with Crippen molar-refractivity contribution in [3.63, 3.8) is 0 Å². The molecule has 1 atom stereocenters. The van der Waals surface area contributed by atoms with Crippen LogP contribution in [0.25, 0.3) is 10.1 Å². The normalized spacial score (nSPS) is 14.3. The van der Waals surface area contributed by atoms with Crippen molar-refractivity contribution in [2.75, 3.05) is 0 Å². The Bertz CT molecular complexity index is 513. The van der Waals surface area contributed by atoms with Crippen molar-refractivity contribution in [1.29, 1.82) is 0 Å². The molecule has 0 fully saturated rings. The Balaban J connectivity index is 2.79. The number of benzene rings is 1. The number of hydrogen-bond acceptors (Lipinski definition) is 2. The van der Waals surface area contributed by atoms with Gasteiger partial charge in [-0.1, -0.05) is 6.07 Å². The van der Waals surface area contributed by atoms with E-state index in [9.17, 15) is 13.2 Å². The Morgan fingerprint density at radius 1 is 1.31 bits per heavy atom. The molecule has 0 amide bonds. The van der Waals surface area contributed by atoms with E-state index in [0.717, 1.165) is 6.07 Å². The van der Waals surface area contributed by atoms with Gasteiger partial charge in [-0.3, -0.25) is 0 Å². The van der Waals surface area contributed by atoms with Gasteiger partial charge in [-0.2, -0.15) is 13.2 Å². The lowest BCUT2D eigenvalue weighted by Gasteiger charge is -2.11. The first-order valence-electron chi connectivity index (χ1n) is 4.74. The Morgan fingerprint density at radius 3 is 2.56 bits per heavy atom. The van der Waals surface area contributed by atoms with Gasteiger partial charge in [0.15, 0.2) is 0 Å². The van der Waals surface area contributed by atoms with Gasteiger partial charge in [0.25, 0.3) is 0 Å². The fraction of sp³-hybridized carbons (Fsp3) is 0.273. The van der Waals surface area contributed by atoms with Crippen LogP contribution in [0.2, 0.25) is 0 Å². The molecule has 0 radical (unpaired) electrons. The molecule has 1 heterocycles. The zero-order valence-corrected chi connectivity index (χ0v) is 9.32. The summed E-state index contributed by atoms with van der Waals surface area (Å²) in [6.07, 6.45) is -4.33. The molecule has 1 aromatic heterocycles. The van der Waals surface area contributed by atoms with Crippen LogP contribution in [0.1, 0.15) is 24.1 Å². The van der Waals surface area contributed by atoms with E-state index in [-0.39, 0.29) is 5.39 Å². The molecular weight excluding hydrogens is 235 g/mol. The molecule has 2 aromatic rings. The lowest BCUT2D eigenvalue weighted by Crippen LogP contribution is -2.09. The Morgan fingerprint density at radius 2 is 2.00 bits per heavy atom. The van der Waals surface area contributed by atoms with Gasteiger partial charge < -0.3 is 5.73 Å². The van der Waals surface area contributed by atoms with Gasteiger partial charge in [0, 0.05) is 16.1 Å². The molecule has 0 saturated heterocycles. The zero-order valence-electron chi connectivity index (χ0n) is 8.51. The van der Waals surface area contributed by atoms with E-state index in [1.807, 2.05) is 0 Å². The third kappa shape index (κ3) is 1.81. The second-order valence-corrected chi connectivity index (χ2v) is 4.57. The van der Waals surface area contributed by atoms with Gasteiger partial charge in [-0.15, -0.1) is 11.3 Å². The van der Waals surface area contributed by atoms with Crippen molar-refractivity contribution in [1.82, 2.24) is 0 Å². The smallest absolute Gasteiger partial charge is 0.324 e. The van der Waals surface area contributed by atoms with E-state index < -0.39 is 17.8 Å². The highest BCUT2D eigenvalue weighted by Crippen LogP contribution is 2.40. The molecule has 1 nitrogen and oxygen atoms in total. The Labute approximate surface area is 94.7 Å². The van der Waals surface area contributed by atoms with Crippen LogP contribution >= 0.6 is 11.3 Å². The van der Waals surface area contributed by atoms with Crippen LogP contribution in [0.4, 0.5) is 13.2 Å². The molecule has 2 N–H and O–H groups in total. The molecule has 0 aliphatic carbocycles. The number of nitrogens with two attached hydrogens (primary N) is 1. The largest absolute Gasteiger partial charge is 0.417 e. The van der Waals surface area contributed by atoms with Gasteiger partial charge in [-0.25, -0.2) is 0 Å². The number of fused-ring (bicyclic) bond motifs is 1. The van der Waals surface area contributed by atoms with Crippen molar-refractivity contribution in [2.45, 2.75) is 19.1 Å². The Hall–Kier alpha value is -1.07. The average molecular weight is 245 g/mol. The van der Waals surface area contributed by atoms with E-state index >= 15 is 0 Å². The van der Waals surface area contributed by atoms with Crippen molar-refractivity contribution in [3.05, 3.63) is 34.7 Å². The summed E-state index contributed by atoms with van der Waals surface area (Å²) in [6.45, 7) is 1.69. The number of halogens is 3. The van der Waals surface area contributed by atoms with Crippen molar-refractivity contribution >= 4 is 21.4 Å². The first-order chi connectivity index (χ1) is 7.41. The summed E-state index contributed by atoms with van der Waals surface area (Å²) in [5, 5.41) is 1.94. The summed E-state index contributed by atoms with van der Waals surface area (Å²) in [5.74, 6) is 0. The molecule has 0 bridgehead atoms. The lowest BCUT2D eigenvalue weighted by atomic mass is 10.0. The fourth-order valence-corrected chi connectivity index (χ4v) is 2.77. The molecule has 1 unspecified atom stereocenters. The van der Waals surface area contributed by atoms with E-state index in [1.54, 1.807) is 18.4 Å². The van der Waals surface area contributed by atoms with E-state index in [0.29, 0.717) is 10.3 Å². The third-order valence-electron chi connectivity index (χ3n) is 2.42. The van der Waals surface area contributed by atoms with Crippen LogP contribution in [0, 0.1) is 0 Å². The molecular formula is C11H10F3NS. The maximum absolute atomic E-state index is 12.8. The minimum atomic E-state index is -4.33. The maximum atomic E-state index is 12.8. The van der Waals surface area contributed by atoms with Gasteiger partial charge in [0.2, 0.25) is 0 Å². The highest BCUT2D eigenvalue weighted by molar-refractivity contribution is 7.17. The standard InChI is InChI=1S/C11H10F3NS/c1-6(15)7-5-16-9-4-2-3-8(10(7)9)11(12,13)14/h2-6H,15H2,1H3. The fourth-order valence-electron chi connectivity index (χ4n) is 1.68. The van der Waals surface area contributed by atoms with E-state index in [4.69, 9.17) is 5.73 Å². The molecule has 16 heavy (non-hydrogen) atoms. The molecule has 2 rings (SSSR count). The quantitative estimate of drug-likeness (QED) is 0.809. The summed E-state index contributed by atoms with van der Waals surface area (Å²) in [6, 6.07) is 3.81. The number of rotatable bonds is 1. The first kappa shape index (κ1) is 11.4. The van der Waals surface area contributed by atoms with Crippen LogP contribution in [0.15, 0.2) is 23.6 Å². The van der Waals surface area contributed by atoms with Gasteiger partial charge >= 0.3 is 6.18 Å². The third-order valence-corrected chi connectivity index (χ3v) is 3.39. The number of thiophene rings is 1. The highest BCUT2D eigenvalue weighted by Gasteiger charge is 2.33. The van der Waals surface area contributed by atoms with Crippen molar-refractivity contribution in [2.24, 2.45) is 5.73 Å². The van der Waals surface area contributed by atoms with Crippen LogP contribution < -0.4 is 5.73 Å². The minimum Gasteiger partial charge on any atom is -0.324 e. The Kier molecular flexibility index (Phi) is 2.67. The van der Waals surface area contributed by atoms with Crippen LogP contribution in [-0.4, -0.2) is 0 Å². The monoisotopic (exact) mass is 245 g/mol. The maximum Gasteiger partial charge on any atom is 0.417 e. The summed E-state index contributed by atoms with van der Waals surface area (Å²) < 4.78 is 39.0. The topological polar surface area (TPSA) is 26.0 Å². The number of hydrogen-bond donors (Lipinski definition) is 1. The zero-order chi connectivity index (χ0) is 11.9. The van der Waals surface area contributed by atoms with Crippen LogP contribution in [0.3, 0.4) is 0 Å².